The first-order chi connectivity index (χ1) is 9.92. The Morgan fingerprint density at radius 2 is 1.80 bits per heavy atom. The monoisotopic (exact) mass is 275 g/mol. The lowest BCUT2D eigenvalue weighted by Crippen LogP contribution is -2.20. The highest BCUT2D eigenvalue weighted by atomic mass is 32.1. The zero-order valence-electron chi connectivity index (χ0n) is 10.8. The average molecular weight is 275 g/mol. The molecule has 1 unspecified atom stereocenters. The van der Waals surface area contributed by atoms with Gasteiger partial charge in [0.15, 0.2) is 0 Å². The van der Waals surface area contributed by atoms with Crippen LogP contribution in [0.2, 0.25) is 0 Å². The van der Waals surface area contributed by atoms with Gasteiger partial charge < -0.3 is 5.32 Å². The molecule has 0 amide bonds. The molecule has 1 aromatic heterocycles. The second-order valence-electron chi connectivity index (χ2n) is 5.47. The summed E-state index contributed by atoms with van der Waals surface area (Å²) in [5.74, 6) is 0.476. The summed E-state index contributed by atoms with van der Waals surface area (Å²) in [5.41, 5.74) is 4.15. The number of rotatable bonds is 0. The Morgan fingerprint density at radius 3 is 2.80 bits per heavy atom. The number of thiophene rings is 1. The maximum Gasteiger partial charge on any atom is 0.0566 e. The van der Waals surface area contributed by atoms with Crippen LogP contribution in [0.4, 0.5) is 5.69 Å². The number of hydrogen-bond acceptors (Lipinski definition) is 2. The smallest absolute Gasteiger partial charge is 0.0566 e. The lowest BCUT2D eigenvalue weighted by Gasteiger charge is -2.21. The van der Waals surface area contributed by atoms with Gasteiger partial charge in [0.1, 0.15) is 0 Å². The molecule has 96 valence electrons. The van der Waals surface area contributed by atoms with Gasteiger partial charge in [-0.2, -0.15) is 0 Å². The summed E-state index contributed by atoms with van der Waals surface area (Å²) in [6, 6.07) is 17.9. The number of fused-ring (bicyclic) bond motifs is 7. The van der Waals surface area contributed by atoms with Crippen LogP contribution >= 0.6 is 11.3 Å². The predicted octanol–water partition coefficient (Wildman–Crippen LogP) is 4.85. The number of anilines is 1. The van der Waals surface area contributed by atoms with E-state index in [4.69, 9.17) is 0 Å². The molecule has 0 saturated heterocycles. The summed E-state index contributed by atoms with van der Waals surface area (Å²) in [6.45, 7) is 0. The van der Waals surface area contributed by atoms with Crippen molar-refractivity contribution in [1.82, 2.24) is 0 Å². The van der Waals surface area contributed by atoms with Crippen molar-refractivity contribution in [2.45, 2.75) is 12.0 Å². The molecular formula is C18H13NS. The van der Waals surface area contributed by atoms with Crippen molar-refractivity contribution in [1.29, 1.82) is 0 Å². The van der Waals surface area contributed by atoms with Gasteiger partial charge in [-0.05, 0) is 28.6 Å². The molecular weight excluding hydrogens is 262 g/mol. The van der Waals surface area contributed by atoms with Crippen LogP contribution in [0.5, 0.6) is 0 Å². The third kappa shape index (κ3) is 1.27. The largest absolute Gasteiger partial charge is 0.378 e. The average Bonchev–Trinajstić information content (AvgIpc) is 3.04. The number of para-hydroxylation sites is 1. The molecule has 2 aromatic carbocycles. The minimum atomic E-state index is 0.410. The predicted molar refractivity (Wildman–Crippen MR) is 86.6 cm³/mol. The van der Waals surface area contributed by atoms with Gasteiger partial charge in [-0.25, -0.2) is 0 Å². The van der Waals surface area contributed by atoms with E-state index >= 15 is 0 Å². The van der Waals surface area contributed by atoms with Gasteiger partial charge >= 0.3 is 0 Å². The van der Waals surface area contributed by atoms with Crippen LogP contribution in [0.15, 0.2) is 54.6 Å². The lowest BCUT2D eigenvalue weighted by molar-refractivity contribution is 0.795. The molecule has 0 spiro atoms. The van der Waals surface area contributed by atoms with Crippen molar-refractivity contribution in [2.24, 2.45) is 0 Å². The number of hydrogen-bond donors (Lipinski definition) is 1. The van der Waals surface area contributed by atoms with E-state index < -0.39 is 0 Å². The van der Waals surface area contributed by atoms with Gasteiger partial charge in [0, 0.05) is 21.2 Å². The first-order valence-electron chi connectivity index (χ1n) is 6.97. The minimum Gasteiger partial charge on any atom is -0.378 e. The Morgan fingerprint density at radius 1 is 0.950 bits per heavy atom. The Bertz CT molecular complexity index is 859. The van der Waals surface area contributed by atoms with Crippen molar-refractivity contribution in [3.8, 4) is 0 Å². The Labute approximate surface area is 121 Å². The second-order valence-corrected chi connectivity index (χ2v) is 6.55. The minimum absolute atomic E-state index is 0.410. The third-order valence-corrected chi connectivity index (χ3v) is 5.66. The maximum atomic E-state index is 3.64. The van der Waals surface area contributed by atoms with Gasteiger partial charge in [-0.15, -0.1) is 11.3 Å². The lowest BCUT2D eigenvalue weighted by atomic mass is 9.86. The molecule has 2 atom stereocenters. The Balaban J connectivity index is 1.82. The van der Waals surface area contributed by atoms with Crippen LogP contribution in [0.25, 0.3) is 16.2 Å². The highest BCUT2D eigenvalue weighted by molar-refractivity contribution is 7.19. The molecule has 1 aliphatic heterocycles. The molecule has 1 N–H and O–H groups in total. The van der Waals surface area contributed by atoms with E-state index in [9.17, 15) is 0 Å². The molecule has 3 aromatic rings. The van der Waals surface area contributed by atoms with Crippen LogP contribution in [0.3, 0.4) is 0 Å². The number of nitrogens with one attached hydrogen (secondary N) is 1. The molecule has 0 bridgehead atoms. The zero-order valence-corrected chi connectivity index (χ0v) is 11.7. The summed E-state index contributed by atoms with van der Waals surface area (Å²) in [4.78, 5) is 1.51. The van der Waals surface area contributed by atoms with E-state index in [0.29, 0.717) is 12.0 Å². The van der Waals surface area contributed by atoms with E-state index in [0.717, 1.165) is 0 Å². The molecule has 1 aliphatic carbocycles. The molecule has 20 heavy (non-hydrogen) atoms. The van der Waals surface area contributed by atoms with Crippen molar-refractivity contribution < 1.29 is 0 Å². The normalized spacial score (nSPS) is 22.2. The van der Waals surface area contributed by atoms with E-state index in [2.05, 4.69) is 66.0 Å². The molecule has 0 radical (unpaired) electrons. The van der Waals surface area contributed by atoms with Crippen molar-refractivity contribution >= 4 is 33.2 Å². The fourth-order valence-electron chi connectivity index (χ4n) is 3.51. The van der Waals surface area contributed by atoms with Gasteiger partial charge in [-0.3, -0.25) is 0 Å². The standard InChI is InChI=1S/C18H13NS/c1-3-7-14-13(6-1)17-15(19-14)10-9-12-11-5-2-4-8-16(11)20-18(12)17/h1-10,15,17,19H/t15-,17?/m0/s1. The summed E-state index contributed by atoms with van der Waals surface area (Å²) in [7, 11) is 0. The van der Waals surface area contributed by atoms with Gasteiger partial charge in [0.25, 0.3) is 0 Å². The summed E-state index contributed by atoms with van der Waals surface area (Å²) >= 11 is 1.95. The van der Waals surface area contributed by atoms with E-state index in [1.165, 1.54) is 31.8 Å². The SMILES string of the molecule is C1=C[C@@H]2Nc3ccccc3C2c2sc3ccccc3c21. The highest BCUT2D eigenvalue weighted by Gasteiger charge is 2.36. The van der Waals surface area contributed by atoms with Crippen LogP contribution in [0, 0.1) is 0 Å². The first-order valence-corrected chi connectivity index (χ1v) is 7.78. The molecule has 2 aliphatic rings. The second kappa shape index (κ2) is 3.74. The molecule has 1 nitrogen and oxygen atoms in total. The molecule has 0 fully saturated rings. The topological polar surface area (TPSA) is 12.0 Å². The Kier molecular flexibility index (Phi) is 2.00. The van der Waals surface area contributed by atoms with Gasteiger partial charge in [-0.1, -0.05) is 48.6 Å². The van der Waals surface area contributed by atoms with Gasteiger partial charge in [0.05, 0.1) is 6.04 Å². The highest BCUT2D eigenvalue weighted by Crippen LogP contribution is 2.49. The molecule has 5 rings (SSSR count). The maximum absolute atomic E-state index is 3.64. The zero-order chi connectivity index (χ0) is 13.1. The van der Waals surface area contributed by atoms with E-state index in [-0.39, 0.29) is 0 Å². The quantitative estimate of drug-likeness (QED) is 0.618. The summed E-state index contributed by atoms with van der Waals surface area (Å²) < 4.78 is 1.40. The van der Waals surface area contributed by atoms with Crippen LogP contribution < -0.4 is 5.32 Å². The summed E-state index contributed by atoms with van der Waals surface area (Å²) in [5, 5.41) is 5.04. The van der Waals surface area contributed by atoms with Crippen LogP contribution in [0.1, 0.15) is 21.9 Å². The molecule has 2 heterocycles. The summed E-state index contributed by atoms with van der Waals surface area (Å²) in [6.07, 6.45) is 4.63. The first kappa shape index (κ1) is 10.7. The van der Waals surface area contributed by atoms with Crippen molar-refractivity contribution in [2.75, 3.05) is 5.32 Å². The van der Waals surface area contributed by atoms with Crippen LogP contribution in [-0.4, -0.2) is 6.04 Å². The Hall–Kier alpha value is -2.06. The third-order valence-electron chi connectivity index (χ3n) is 4.39. The fourth-order valence-corrected chi connectivity index (χ4v) is 4.87. The molecule has 0 saturated carbocycles. The fraction of sp³-hybridized carbons (Fsp3) is 0.111. The van der Waals surface area contributed by atoms with E-state index in [1.807, 2.05) is 11.3 Å². The molecule has 2 heteroatoms. The number of benzene rings is 2. The van der Waals surface area contributed by atoms with Crippen molar-refractivity contribution in [3.63, 3.8) is 0 Å². The van der Waals surface area contributed by atoms with Crippen molar-refractivity contribution in [3.05, 3.63) is 70.6 Å². The van der Waals surface area contributed by atoms with E-state index in [1.54, 1.807) is 0 Å². The van der Waals surface area contributed by atoms with Gasteiger partial charge in [0.2, 0.25) is 0 Å². The van der Waals surface area contributed by atoms with Crippen LogP contribution in [-0.2, 0) is 0 Å².